The van der Waals surface area contributed by atoms with Crippen molar-refractivity contribution in [2.75, 3.05) is 48.7 Å². The largest absolute Gasteiger partial charge is 0.369 e. The predicted octanol–water partition coefficient (Wildman–Crippen LogP) is 2.91. The summed E-state index contributed by atoms with van der Waals surface area (Å²) in [5.41, 5.74) is 9.03. The van der Waals surface area contributed by atoms with Crippen LogP contribution in [-0.2, 0) is 0 Å². The van der Waals surface area contributed by atoms with Crippen LogP contribution < -0.4 is 16.0 Å². The number of hydrogen-bond acceptors (Lipinski definition) is 6. The zero-order valence-electron chi connectivity index (χ0n) is 14.1. The lowest BCUT2D eigenvalue weighted by molar-refractivity contribution is 0.271. The SMILES string of the molecule is CCN1CCN(c2ccc(Nc3cc(Cl)nc(N)n3)c(C)c2)CC1. The number of nitrogens with zero attached hydrogens (tertiary/aromatic N) is 4. The van der Waals surface area contributed by atoms with Gasteiger partial charge in [-0.2, -0.15) is 4.98 Å². The van der Waals surface area contributed by atoms with E-state index in [0.29, 0.717) is 11.0 Å². The van der Waals surface area contributed by atoms with Gasteiger partial charge in [-0.3, -0.25) is 0 Å². The Morgan fingerprint density at radius 1 is 1.17 bits per heavy atom. The van der Waals surface area contributed by atoms with Gasteiger partial charge in [-0.05, 0) is 37.2 Å². The van der Waals surface area contributed by atoms with Crippen LogP contribution in [0.5, 0.6) is 0 Å². The summed E-state index contributed by atoms with van der Waals surface area (Å²) in [6.45, 7) is 9.80. The molecule has 3 rings (SSSR count). The Morgan fingerprint density at radius 2 is 1.92 bits per heavy atom. The van der Waals surface area contributed by atoms with Gasteiger partial charge in [0.15, 0.2) is 0 Å². The summed E-state index contributed by atoms with van der Waals surface area (Å²) in [7, 11) is 0. The van der Waals surface area contributed by atoms with Gasteiger partial charge >= 0.3 is 0 Å². The molecule has 0 saturated carbocycles. The first-order chi connectivity index (χ1) is 11.5. The van der Waals surface area contributed by atoms with Gasteiger partial charge in [0.25, 0.3) is 0 Å². The van der Waals surface area contributed by atoms with Crippen LogP contribution in [0.1, 0.15) is 12.5 Å². The fourth-order valence-electron chi connectivity index (χ4n) is 2.94. The number of likely N-dealkylation sites (N-methyl/N-ethyl adjacent to an activating group) is 1. The standard InChI is InChI=1S/C17H23ClN6/c1-3-23-6-8-24(9-7-23)13-4-5-14(12(2)10-13)20-16-11-15(18)21-17(19)22-16/h4-5,10-11H,3,6-9H2,1-2H3,(H3,19,20,21,22). The Labute approximate surface area is 147 Å². The first kappa shape index (κ1) is 16.8. The maximum Gasteiger partial charge on any atom is 0.223 e. The number of aromatic nitrogens is 2. The number of piperazine rings is 1. The highest BCUT2D eigenvalue weighted by Gasteiger charge is 2.16. The molecule has 1 fully saturated rings. The summed E-state index contributed by atoms with van der Waals surface area (Å²) in [5, 5.41) is 3.58. The van der Waals surface area contributed by atoms with Gasteiger partial charge in [0.05, 0.1) is 0 Å². The fraction of sp³-hybridized carbons (Fsp3) is 0.412. The van der Waals surface area contributed by atoms with Crippen LogP contribution in [0.4, 0.5) is 23.1 Å². The topological polar surface area (TPSA) is 70.3 Å². The molecule has 6 nitrogen and oxygen atoms in total. The van der Waals surface area contributed by atoms with Crippen molar-refractivity contribution in [3.8, 4) is 0 Å². The van der Waals surface area contributed by atoms with E-state index in [4.69, 9.17) is 17.3 Å². The molecule has 1 aromatic carbocycles. The second-order valence-corrected chi connectivity index (χ2v) is 6.37. The second-order valence-electron chi connectivity index (χ2n) is 5.98. The molecule has 0 bridgehead atoms. The van der Waals surface area contributed by atoms with Crippen molar-refractivity contribution in [1.29, 1.82) is 0 Å². The number of nitrogen functional groups attached to an aromatic ring is 1. The van der Waals surface area contributed by atoms with E-state index >= 15 is 0 Å². The Balaban J connectivity index is 1.73. The van der Waals surface area contributed by atoms with Crippen LogP contribution in [-0.4, -0.2) is 47.6 Å². The van der Waals surface area contributed by atoms with Crippen LogP contribution >= 0.6 is 11.6 Å². The molecule has 1 saturated heterocycles. The number of aryl methyl sites for hydroxylation is 1. The van der Waals surface area contributed by atoms with Crippen LogP contribution in [0.2, 0.25) is 5.15 Å². The van der Waals surface area contributed by atoms with Gasteiger partial charge in [-0.15, -0.1) is 0 Å². The molecule has 24 heavy (non-hydrogen) atoms. The molecule has 1 aliphatic rings. The highest BCUT2D eigenvalue weighted by atomic mass is 35.5. The number of rotatable bonds is 4. The normalized spacial score (nSPS) is 15.5. The van der Waals surface area contributed by atoms with E-state index in [1.807, 2.05) is 0 Å². The van der Waals surface area contributed by atoms with E-state index in [1.54, 1.807) is 6.07 Å². The smallest absolute Gasteiger partial charge is 0.223 e. The van der Waals surface area contributed by atoms with E-state index in [9.17, 15) is 0 Å². The van der Waals surface area contributed by atoms with E-state index in [1.165, 1.54) is 5.69 Å². The minimum absolute atomic E-state index is 0.160. The number of hydrogen-bond donors (Lipinski definition) is 2. The van der Waals surface area contributed by atoms with Gasteiger partial charge in [0.1, 0.15) is 11.0 Å². The number of anilines is 4. The van der Waals surface area contributed by atoms with Gasteiger partial charge < -0.3 is 20.9 Å². The summed E-state index contributed by atoms with van der Waals surface area (Å²) >= 11 is 5.92. The highest BCUT2D eigenvalue weighted by Crippen LogP contribution is 2.26. The number of benzene rings is 1. The van der Waals surface area contributed by atoms with Gasteiger partial charge in [0.2, 0.25) is 5.95 Å². The Hall–Kier alpha value is -2.05. The van der Waals surface area contributed by atoms with Gasteiger partial charge in [-0.1, -0.05) is 18.5 Å². The average Bonchev–Trinajstić information content (AvgIpc) is 2.56. The van der Waals surface area contributed by atoms with Gasteiger partial charge in [0, 0.05) is 43.6 Å². The summed E-state index contributed by atoms with van der Waals surface area (Å²) in [4.78, 5) is 12.9. The summed E-state index contributed by atoms with van der Waals surface area (Å²) < 4.78 is 0. The lowest BCUT2D eigenvalue weighted by Crippen LogP contribution is -2.46. The van der Waals surface area contributed by atoms with Crippen molar-refractivity contribution < 1.29 is 0 Å². The molecule has 2 heterocycles. The van der Waals surface area contributed by atoms with Crippen molar-refractivity contribution in [2.24, 2.45) is 0 Å². The molecule has 128 valence electrons. The average molecular weight is 347 g/mol. The molecule has 0 aliphatic carbocycles. The molecule has 1 aliphatic heterocycles. The molecule has 0 amide bonds. The molecule has 0 atom stereocenters. The van der Waals surface area contributed by atoms with Crippen molar-refractivity contribution >= 4 is 34.7 Å². The third-order valence-corrected chi connectivity index (χ3v) is 4.56. The Bertz CT molecular complexity index is 692. The zero-order chi connectivity index (χ0) is 17.1. The molecule has 2 aromatic rings. The molecular formula is C17H23ClN6. The van der Waals surface area contributed by atoms with Crippen molar-refractivity contribution in [3.05, 3.63) is 35.0 Å². The molecule has 0 unspecified atom stereocenters. The minimum atomic E-state index is 0.160. The van der Waals surface area contributed by atoms with E-state index in [0.717, 1.165) is 44.0 Å². The van der Waals surface area contributed by atoms with Crippen LogP contribution in [0.25, 0.3) is 0 Å². The van der Waals surface area contributed by atoms with Crippen molar-refractivity contribution in [2.45, 2.75) is 13.8 Å². The first-order valence-corrected chi connectivity index (χ1v) is 8.58. The minimum Gasteiger partial charge on any atom is -0.369 e. The zero-order valence-corrected chi connectivity index (χ0v) is 14.8. The maximum absolute atomic E-state index is 5.92. The monoisotopic (exact) mass is 346 g/mol. The second kappa shape index (κ2) is 7.23. The molecular weight excluding hydrogens is 324 g/mol. The first-order valence-electron chi connectivity index (χ1n) is 8.20. The Kier molecular flexibility index (Phi) is 5.06. The third-order valence-electron chi connectivity index (χ3n) is 4.37. The molecule has 3 N–H and O–H groups in total. The van der Waals surface area contributed by atoms with E-state index in [-0.39, 0.29) is 5.95 Å². The fourth-order valence-corrected chi connectivity index (χ4v) is 3.13. The Morgan fingerprint density at radius 3 is 2.54 bits per heavy atom. The molecule has 7 heteroatoms. The molecule has 1 aromatic heterocycles. The summed E-state index contributed by atoms with van der Waals surface area (Å²) in [6, 6.07) is 8.08. The van der Waals surface area contributed by atoms with Crippen molar-refractivity contribution in [3.63, 3.8) is 0 Å². The van der Waals surface area contributed by atoms with E-state index < -0.39 is 0 Å². The lowest BCUT2D eigenvalue weighted by Gasteiger charge is -2.35. The molecule has 0 spiro atoms. The summed E-state index contributed by atoms with van der Waals surface area (Å²) in [5.74, 6) is 0.757. The van der Waals surface area contributed by atoms with Crippen LogP contribution in [0.15, 0.2) is 24.3 Å². The number of nitrogens with one attached hydrogen (secondary N) is 1. The maximum atomic E-state index is 5.92. The predicted molar refractivity (Wildman–Crippen MR) is 100 cm³/mol. The van der Waals surface area contributed by atoms with E-state index in [2.05, 4.69) is 57.1 Å². The number of halogens is 1. The quantitative estimate of drug-likeness (QED) is 0.829. The lowest BCUT2D eigenvalue weighted by atomic mass is 10.1. The highest BCUT2D eigenvalue weighted by molar-refractivity contribution is 6.29. The molecule has 0 radical (unpaired) electrons. The van der Waals surface area contributed by atoms with Crippen molar-refractivity contribution in [1.82, 2.24) is 14.9 Å². The van der Waals surface area contributed by atoms with Crippen LogP contribution in [0.3, 0.4) is 0 Å². The summed E-state index contributed by atoms with van der Waals surface area (Å²) in [6.07, 6.45) is 0. The van der Waals surface area contributed by atoms with Gasteiger partial charge in [-0.25, -0.2) is 4.98 Å². The third kappa shape index (κ3) is 3.88. The van der Waals surface area contributed by atoms with Crippen LogP contribution in [0, 0.1) is 6.92 Å². The number of nitrogens with two attached hydrogens (primary N) is 1.